The van der Waals surface area contributed by atoms with Gasteiger partial charge in [0.1, 0.15) is 17.7 Å². The largest absolute Gasteiger partial charge is 0.497 e. The highest BCUT2D eigenvalue weighted by molar-refractivity contribution is 5.82. The summed E-state index contributed by atoms with van der Waals surface area (Å²) in [4.78, 5) is 16.1. The molecular weight excluding hydrogens is 432 g/mol. The molecule has 0 saturated carbocycles. The number of nitrogens with zero attached hydrogens (tertiary/aromatic N) is 6. The van der Waals surface area contributed by atoms with Gasteiger partial charge >= 0.3 is 0 Å². The van der Waals surface area contributed by atoms with Crippen molar-refractivity contribution in [2.45, 2.75) is 12.6 Å². The summed E-state index contributed by atoms with van der Waals surface area (Å²) in [6.07, 6.45) is 7.94. The zero-order valence-corrected chi connectivity index (χ0v) is 19.3. The first-order valence-electron chi connectivity index (χ1n) is 10.9. The molecule has 0 saturated heterocycles. The van der Waals surface area contributed by atoms with Gasteiger partial charge in [-0.15, -0.1) is 0 Å². The highest BCUT2D eigenvalue weighted by Crippen LogP contribution is 2.34. The number of hydrogen-bond acceptors (Lipinski definition) is 9. The summed E-state index contributed by atoms with van der Waals surface area (Å²) < 4.78 is 12.8. The van der Waals surface area contributed by atoms with E-state index in [0.717, 1.165) is 51.6 Å². The first-order valence-corrected chi connectivity index (χ1v) is 10.9. The minimum absolute atomic E-state index is 0.00700. The third-order valence-corrected chi connectivity index (χ3v) is 5.68. The Bertz CT molecular complexity index is 1310. The molecule has 174 valence electrons. The van der Waals surface area contributed by atoms with E-state index >= 15 is 0 Å². The predicted molar refractivity (Wildman–Crippen MR) is 131 cm³/mol. The van der Waals surface area contributed by atoms with Crippen LogP contribution in [0.15, 0.2) is 60.0 Å². The van der Waals surface area contributed by atoms with Crippen LogP contribution in [0.2, 0.25) is 0 Å². The van der Waals surface area contributed by atoms with Gasteiger partial charge in [0, 0.05) is 61.3 Å². The number of aryl methyl sites for hydroxylation is 1. The summed E-state index contributed by atoms with van der Waals surface area (Å²) in [5.74, 6) is 1.44. The van der Waals surface area contributed by atoms with Gasteiger partial charge in [-0.05, 0) is 18.2 Å². The number of benzene rings is 2. The van der Waals surface area contributed by atoms with Crippen LogP contribution in [0.5, 0.6) is 11.5 Å². The van der Waals surface area contributed by atoms with Crippen molar-refractivity contribution < 1.29 is 9.47 Å². The fourth-order valence-corrected chi connectivity index (χ4v) is 3.91. The Morgan fingerprint density at radius 1 is 1.00 bits per heavy atom. The van der Waals surface area contributed by atoms with Crippen LogP contribution < -0.4 is 25.2 Å². The molecule has 0 radical (unpaired) electrons. The van der Waals surface area contributed by atoms with E-state index in [2.05, 4.69) is 43.0 Å². The van der Waals surface area contributed by atoms with Crippen LogP contribution in [-0.4, -0.2) is 53.0 Å². The number of rotatable bonds is 8. The minimum Gasteiger partial charge on any atom is -0.497 e. The predicted octanol–water partition coefficient (Wildman–Crippen LogP) is 3.04. The van der Waals surface area contributed by atoms with E-state index in [9.17, 15) is 0 Å². The van der Waals surface area contributed by atoms with Gasteiger partial charge in [-0.25, -0.2) is 10.4 Å². The lowest BCUT2D eigenvalue weighted by molar-refractivity contribution is 0.394. The molecule has 10 heteroatoms. The van der Waals surface area contributed by atoms with Crippen molar-refractivity contribution in [3.05, 3.63) is 55.0 Å². The van der Waals surface area contributed by atoms with Crippen molar-refractivity contribution in [3.8, 4) is 22.8 Å². The van der Waals surface area contributed by atoms with E-state index in [-0.39, 0.29) is 6.17 Å². The summed E-state index contributed by atoms with van der Waals surface area (Å²) in [5, 5.41) is 4.25. The standard InChI is InChI=1S/C24H26N8O2/c1-31-14-16(12-28-31)23-13-25-21-5-4-17(10-22(21)29-23)32(7-6-24-26-15-27-30-24)18-8-19(33-2)11-20(9-18)34-3/h4-5,8-15,24,30H,6-7H2,1-3H3,(H,26,27). The summed E-state index contributed by atoms with van der Waals surface area (Å²) in [6, 6.07) is 11.9. The number of anilines is 2. The lowest BCUT2D eigenvalue weighted by Gasteiger charge is -2.27. The number of nitrogens with one attached hydrogen (secondary N) is 2. The average molecular weight is 459 g/mol. The Morgan fingerprint density at radius 3 is 2.50 bits per heavy atom. The van der Waals surface area contributed by atoms with Crippen molar-refractivity contribution >= 4 is 28.7 Å². The Hall–Kier alpha value is -4.18. The maximum Gasteiger partial charge on any atom is 0.124 e. The number of aromatic nitrogens is 4. The third kappa shape index (κ3) is 4.48. The molecule has 0 fully saturated rings. The lowest BCUT2D eigenvalue weighted by atomic mass is 10.1. The van der Waals surface area contributed by atoms with Gasteiger partial charge < -0.3 is 19.8 Å². The Balaban J connectivity index is 1.55. The van der Waals surface area contributed by atoms with E-state index < -0.39 is 0 Å². The zero-order valence-electron chi connectivity index (χ0n) is 19.3. The Kier molecular flexibility index (Phi) is 5.96. The second kappa shape index (κ2) is 9.36. The fraction of sp³-hybridized carbons (Fsp3) is 0.250. The molecule has 0 spiro atoms. The molecule has 1 aliphatic heterocycles. The number of methoxy groups -OCH3 is 2. The van der Waals surface area contributed by atoms with E-state index in [1.165, 1.54) is 0 Å². The van der Waals surface area contributed by atoms with Crippen LogP contribution in [-0.2, 0) is 7.05 Å². The molecular formula is C24H26N8O2. The number of aliphatic imine (C=N–C) groups is 1. The Labute approximate surface area is 197 Å². The molecule has 1 atom stereocenters. The first-order chi connectivity index (χ1) is 16.6. The summed E-state index contributed by atoms with van der Waals surface area (Å²) >= 11 is 0. The maximum absolute atomic E-state index is 5.52. The normalized spacial score (nSPS) is 14.9. The summed E-state index contributed by atoms with van der Waals surface area (Å²) in [6.45, 7) is 0.703. The van der Waals surface area contributed by atoms with Crippen LogP contribution in [0.3, 0.4) is 0 Å². The van der Waals surface area contributed by atoms with Crippen LogP contribution in [0.4, 0.5) is 11.4 Å². The van der Waals surface area contributed by atoms with Crippen molar-refractivity contribution in [3.63, 3.8) is 0 Å². The van der Waals surface area contributed by atoms with E-state index in [1.54, 1.807) is 37.6 Å². The smallest absolute Gasteiger partial charge is 0.124 e. The molecule has 1 unspecified atom stereocenters. The molecule has 0 bridgehead atoms. The van der Waals surface area contributed by atoms with Crippen LogP contribution in [0, 0.1) is 0 Å². The van der Waals surface area contributed by atoms with Gasteiger partial charge in [0.05, 0.1) is 49.7 Å². The van der Waals surface area contributed by atoms with Crippen molar-refractivity contribution in [1.82, 2.24) is 30.6 Å². The monoisotopic (exact) mass is 458 g/mol. The van der Waals surface area contributed by atoms with Gasteiger partial charge in [0.25, 0.3) is 0 Å². The summed E-state index contributed by atoms with van der Waals surface area (Å²) in [7, 11) is 5.18. The number of hydrazine groups is 1. The SMILES string of the molecule is COc1cc(OC)cc(N(CCC2N=CNN2)c2ccc3ncc(-c4cnn(C)c4)nc3c2)c1. The van der Waals surface area contributed by atoms with Crippen molar-refractivity contribution in [2.75, 3.05) is 25.7 Å². The van der Waals surface area contributed by atoms with Crippen molar-refractivity contribution in [2.24, 2.45) is 12.0 Å². The number of fused-ring (bicyclic) bond motifs is 1. The van der Waals surface area contributed by atoms with Gasteiger partial charge in [-0.3, -0.25) is 14.7 Å². The van der Waals surface area contributed by atoms with Gasteiger partial charge in [-0.1, -0.05) is 0 Å². The molecule has 3 heterocycles. The van der Waals surface area contributed by atoms with E-state index in [1.807, 2.05) is 37.5 Å². The molecule has 2 N–H and O–H groups in total. The summed E-state index contributed by atoms with van der Waals surface area (Å²) in [5.41, 5.74) is 11.3. The van der Waals surface area contributed by atoms with E-state index in [4.69, 9.17) is 14.5 Å². The van der Waals surface area contributed by atoms with Crippen LogP contribution in [0.1, 0.15) is 6.42 Å². The molecule has 0 amide bonds. The second-order valence-corrected chi connectivity index (χ2v) is 7.92. The molecule has 5 rings (SSSR count). The minimum atomic E-state index is -0.00700. The molecule has 1 aliphatic rings. The first kappa shape index (κ1) is 21.7. The quantitative estimate of drug-likeness (QED) is 0.416. The number of ether oxygens (including phenoxy) is 2. The molecule has 0 aliphatic carbocycles. The van der Waals surface area contributed by atoms with Crippen LogP contribution in [0.25, 0.3) is 22.3 Å². The second-order valence-electron chi connectivity index (χ2n) is 7.92. The van der Waals surface area contributed by atoms with Gasteiger partial charge in [-0.2, -0.15) is 5.10 Å². The van der Waals surface area contributed by atoms with Crippen molar-refractivity contribution in [1.29, 1.82) is 0 Å². The molecule has 10 nitrogen and oxygen atoms in total. The number of hydrogen-bond donors (Lipinski definition) is 2. The molecule has 2 aromatic carbocycles. The lowest BCUT2D eigenvalue weighted by Crippen LogP contribution is -2.34. The molecule has 2 aromatic heterocycles. The Morgan fingerprint density at radius 2 is 1.82 bits per heavy atom. The highest BCUT2D eigenvalue weighted by atomic mass is 16.5. The highest BCUT2D eigenvalue weighted by Gasteiger charge is 2.17. The van der Waals surface area contributed by atoms with Crippen LogP contribution >= 0.6 is 0 Å². The molecule has 34 heavy (non-hydrogen) atoms. The van der Waals surface area contributed by atoms with Gasteiger partial charge in [0.2, 0.25) is 0 Å². The van der Waals surface area contributed by atoms with Gasteiger partial charge in [0.15, 0.2) is 0 Å². The zero-order chi connectivity index (χ0) is 23.5. The molecule has 4 aromatic rings. The average Bonchev–Trinajstić information content (AvgIpc) is 3.55. The third-order valence-electron chi connectivity index (χ3n) is 5.68. The van der Waals surface area contributed by atoms with E-state index in [0.29, 0.717) is 6.54 Å². The maximum atomic E-state index is 5.52. The topological polar surface area (TPSA) is 102 Å². The fourth-order valence-electron chi connectivity index (χ4n) is 3.91.